The molecule has 1 fully saturated rings. The maximum absolute atomic E-state index is 12.1. The quantitative estimate of drug-likeness (QED) is 0.820. The van der Waals surface area contributed by atoms with Gasteiger partial charge in [0.2, 0.25) is 0 Å². The summed E-state index contributed by atoms with van der Waals surface area (Å²) in [6.45, 7) is 5.67. The maximum Gasteiger partial charge on any atom is 0.313 e. The number of anilines is 1. The zero-order valence-corrected chi connectivity index (χ0v) is 14.7. The smallest absolute Gasteiger partial charge is 0.313 e. The molecule has 0 radical (unpaired) electrons. The third kappa shape index (κ3) is 4.02. The first-order valence-corrected chi connectivity index (χ1v) is 8.91. The van der Waals surface area contributed by atoms with E-state index in [-0.39, 0.29) is 12.1 Å². The molecule has 134 valence electrons. The number of nitrogens with one attached hydrogen (secondary N) is 2. The lowest BCUT2D eigenvalue weighted by molar-refractivity contribution is -0.137. The molecule has 2 aromatic rings. The summed E-state index contributed by atoms with van der Waals surface area (Å²) < 4.78 is 7.71. The topological polar surface area (TPSA) is 72.4 Å². The molecule has 6 heteroatoms. The fraction of sp³-hybridized carbons (Fsp3) is 0.474. The Morgan fingerprint density at radius 3 is 2.88 bits per heavy atom. The molecular weight excluding hydrogens is 318 g/mol. The van der Waals surface area contributed by atoms with Gasteiger partial charge in [-0.3, -0.25) is 9.59 Å². The van der Waals surface area contributed by atoms with Crippen LogP contribution in [0.15, 0.2) is 30.5 Å². The van der Waals surface area contributed by atoms with E-state index in [1.165, 1.54) is 0 Å². The van der Waals surface area contributed by atoms with Crippen molar-refractivity contribution in [3.05, 3.63) is 30.5 Å². The van der Waals surface area contributed by atoms with E-state index in [2.05, 4.69) is 22.1 Å². The molecule has 0 aliphatic carbocycles. The molecule has 0 unspecified atom stereocenters. The van der Waals surface area contributed by atoms with E-state index in [0.29, 0.717) is 5.69 Å². The van der Waals surface area contributed by atoms with E-state index in [1.807, 2.05) is 37.4 Å². The average Bonchev–Trinajstić information content (AvgIpc) is 3.25. The number of amides is 2. The molecule has 1 aliphatic heterocycles. The minimum absolute atomic E-state index is 0.00793. The summed E-state index contributed by atoms with van der Waals surface area (Å²) in [5, 5.41) is 6.43. The van der Waals surface area contributed by atoms with Crippen LogP contribution in [0.25, 0.3) is 10.9 Å². The molecule has 3 rings (SSSR count). The van der Waals surface area contributed by atoms with Gasteiger partial charge in [0, 0.05) is 35.9 Å². The Morgan fingerprint density at radius 2 is 2.16 bits per heavy atom. The molecule has 2 amide bonds. The second kappa shape index (κ2) is 7.70. The molecule has 0 saturated carbocycles. The van der Waals surface area contributed by atoms with Crippen LogP contribution in [0.4, 0.5) is 5.69 Å². The number of aryl methyl sites for hydroxylation is 1. The molecule has 2 atom stereocenters. The maximum atomic E-state index is 12.1. The van der Waals surface area contributed by atoms with Gasteiger partial charge in [0.25, 0.3) is 0 Å². The number of fused-ring (bicyclic) bond motifs is 1. The van der Waals surface area contributed by atoms with E-state index in [1.54, 1.807) is 0 Å². The Bertz CT molecular complexity index is 762. The lowest BCUT2D eigenvalue weighted by Gasteiger charge is -2.19. The molecule has 1 aromatic heterocycles. The van der Waals surface area contributed by atoms with Crippen molar-refractivity contribution in [2.24, 2.45) is 0 Å². The Balaban J connectivity index is 1.61. The predicted molar refractivity (Wildman–Crippen MR) is 97.4 cm³/mol. The number of carbonyl (C=O) groups excluding carboxylic acids is 2. The second-order valence-corrected chi connectivity index (χ2v) is 6.55. The van der Waals surface area contributed by atoms with E-state index in [4.69, 9.17) is 4.74 Å². The highest BCUT2D eigenvalue weighted by atomic mass is 16.5. The summed E-state index contributed by atoms with van der Waals surface area (Å²) in [7, 11) is 0. The average molecular weight is 343 g/mol. The molecule has 2 heterocycles. The fourth-order valence-electron chi connectivity index (χ4n) is 3.26. The minimum Gasteiger partial charge on any atom is -0.376 e. The van der Waals surface area contributed by atoms with Gasteiger partial charge >= 0.3 is 11.8 Å². The van der Waals surface area contributed by atoms with Crippen LogP contribution in [-0.4, -0.2) is 35.1 Å². The fourth-order valence-corrected chi connectivity index (χ4v) is 3.26. The molecule has 2 N–H and O–H groups in total. The molecule has 0 spiro atoms. The molecule has 6 nitrogen and oxygen atoms in total. The van der Waals surface area contributed by atoms with Crippen molar-refractivity contribution in [2.45, 2.75) is 51.8 Å². The van der Waals surface area contributed by atoms with Gasteiger partial charge < -0.3 is 19.9 Å². The van der Waals surface area contributed by atoms with Crippen molar-refractivity contribution in [2.75, 3.05) is 11.9 Å². The van der Waals surface area contributed by atoms with Crippen molar-refractivity contribution < 1.29 is 14.3 Å². The van der Waals surface area contributed by atoms with Gasteiger partial charge in [-0.1, -0.05) is 6.92 Å². The zero-order valence-electron chi connectivity index (χ0n) is 14.7. The second-order valence-electron chi connectivity index (χ2n) is 6.55. The SMILES string of the molecule is CCCn1ccc2cc(NC(=O)C(=O)N[C@H](C)[C@H]3CCCO3)ccc21. The number of benzene rings is 1. The van der Waals surface area contributed by atoms with E-state index in [0.717, 1.165) is 43.3 Å². The summed E-state index contributed by atoms with van der Waals surface area (Å²) in [4.78, 5) is 24.2. The summed E-state index contributed by atoms with van der Waals surface area (Å²) in [5.41, 5.74) is 1.74. The molecule has 1 saturated heterocycles. The van der Waals surface area contributed by atoms with Gasteiger partial charge in [0.15, 0.2) is 0 Å². The number of hydrogen-bond acceptors (Lipinski definition) is 3. The number of rotatable bonds is 5. The Morgan fingerprint density at radius 1 is 1.32 bits per heavy atom. The van der Waals surface area contributed by atoms with Crippen LogP contribution in [0.3, 0.4) is 0 Å². The lowest BCUT2D eigenvalue weighted by Crippen LogP contribution is -2.45. The highest BCUT2D eigenvalue weighted by Crippen LogP contribution is 2.21. The molecule has 0 bridgehead atoms. The lowest BCUT2D eigenvalue weighted by atomic mass is 10.1. The zero-order chi connectivity index (χ0) is 17.8. The van der Waals surface area contributed by atoms with Crippen LogP contribution in [0.2, 0.25) is 0 Å². The van der Waals surface area contributed by atoms with E-state index in [9.17, 15) is 9.59 Å². The number of aromatic nitrogens is 1. The molecule has 1 aromatic carbocycles. The van der Waals surface area contributed by atoms with Crippen LogP contribution < -0.4 is 10.6 Å². The standard InChI is InChI=1S/C19H25N3O3/c1-3-9-22-10-8-14-12-15(6-7-16(14)22)21-19(24)18(23)20-13(2)17-5-4-11-25-17/h6-8,10,12-13,17H,3-5,9,11H2,1-2H3,(H,20,23)(H,21,24)/t13-,17-/m1/s1. The van der Waals surface area contributed by atoms with Crippen LogP contribution in [0.5, 0.6) is 0 Å². The van der Waals surface area contributed by atoms with Crippen molar-refractivity contribution in [1.29, 1.82) is 0 Å². The first-order valence-electron chi connectivity index (χ1n) is 8.91. The van der Waals surface area contributed by atoms with Gasteiger partial charge in [0.1, 0.15) is 0 Å². The first kappa shape index (κ1) is 17.5. The van der Waals surface area contributed by atoms with Crippen LogP contribution in [0.1, 0.15) is 33.1 Å². The van der Waals surface area contributed by atoms with Crippen molar-refractivity contribution in [3.63, 3.8) is 0 Å². The van der Waals surface area contributed by atoms with Crippen LogP contribution >= 0.6 is 0 Å². The first-order chi connectivity index (χ1) is 12.1. The highest BCUT2D eigenvalue weighted by molar-refractivity contribution is 6.39. The summed E-state index contributed by atoms with van der Waals surface area (Å²) >= 11 is 0. The highest BCUT2D eigenvalue weighted by Gasteiger charge is 2.25. The number of carbonyl (C=O) groups is 2. The Labute approximate surface area is 147 Å². The minimum atomic E-state index is -0.655. The van der Waals surface area contributed by atoms with Crippen molar-refractivity contribution in [1.82, 2.24) is 9.88 Å². The van der Waals surface area contributed by atoms with Crippen LogP contribution in [0, 0.1) is 0 Å². The predicted octanol–water partition coefficient (Wildman–Crippen LogP) is 2.67. The van der Waals surface area contributed by atoms with E-state index >= 15 is 0 Å². The molecule has 25 heavy (non-hydrogen) atoms. The monoisotopic (exact) mass is 343 g/mol. The number of ether oxygens (including phenoxy) is 1. The third-order valence-corrected chi connectivity index (χ3v) is 4.58. The van der Waals surface area contributed by atoms with Gasteiger partial charge in [-0.15, -0.1) is 0 Å². The summed E-state index contributed by atoms with van der Waals surface area (Å²) in [6.07, 6.45) is 5.00. The summed E-state index contributed by atoms with van der Waals surface area (Å²) in [6, 6.07) is 7.51. The summed E-state index contributed by atoms with van der Waals surface area (Å²) in [5.74, 6) is -1.29. The Kier molecular flexibility index (Phi) is 5.38. The third-order valence-electron chi connectivity index (χ3n) is 4.58. The van der Waals surface area contributed by atoms with E-state index < -0.39 is 11.8 Å². The van der Waals surface area contributed by atoms with Gasteiger partial charge in [0.05, 0.1) is 12.1 Å². The normalized spacial score (nSPS) is 18.2. The van der Waals surface area contributed by atoms with Gasteiger partial charge in [-0.05, 0) is 50.5 Å². The van der Waals surface area contributed by atoms with Crippen LogP contribution in [-0.2, 0) is 20.9 Å². The Hall–Kier alpha value is -2.34. The van der Waals surface area contributed by atoms with Gasteiger partial charge in [-0.2, -0.15) is 0 Å². The largest absolute Gasteiger partial charge is 0.376 e. The van der Waals surface area contributed by atoms with Crippen molar-refractivity contribution in [3.8, 4) is 0 Å². The van der Waals surface area contributed by atoms with Crippen molar-refractivity contribution >= 4 is 28.4 Å². The number of nitrogens with zero attached hydrogens (tertiary/aromatic N) is 1. The van der Waals surface area contributed by atoms with Gasteiger partial charge in [-0.25, -0.2) is 0 Å². The molecule has 1 aliphatic rings. The number of hydrogen-bond donors (Lipinski definition) is 2. The molecular formula is C19H25N3O3.